The summed E-state index contributed by atoms with van der Waals surface area (Å²) in [5.41, 5.74) is 1.81. The molecule has 0 saturated carbocycles. The Morgan fingerprint density at radius 3 is 2.52 bits per heavy atom. The van der Waals surface area contributed by atoms with Gasteiger partial charge in [-0.25, -0.2) is 0 Å². The van der Waals surface area contributed by atoms with Crippen LogP contribution in [0.25, 0.3) is 10.8 Å². The van der Waals surface area contributed by atoms with E-state index in [1.165, 1.54) is 10.8 Å². The molecule has 122 valence electrons. The molecule has 3 aromatic rings. The summed E-state index contributed by atoms with van der Waals surface area (Å²) < 4.78 is 0. The third kappa shape index (κ3) is 4.68. The monoisotopic (exact) mass is 324 g/mol. The maximum absolute atomic E-state index is 11.9. The zero-order valence-corrected chi connectivity index (χ0v) is 14.1. The Labute approximate surface area is 149 Å². The van der Waals surface area contributed by atoms with Gasteiger partial charge in [-0.3, -0.25) is 4.79 Å². The van der Waals surface area contributed by atoms with E-state index in [2.05, 4.69) is 36.1 Å². The van der Waals surface area contributed by atoms with Crippen molar-refractivity contribution in [2.24, 2.45) is 0 Å². The highest BCUT2D eigenvalue weighted by Crippen LogP contribution is 2.17. The number of allylic oxidation sites excluding steroid dienone is 2. The number of ketones is 1. The molecule has 3 aromatic carbocycles. The molecule has 3 rings (SSSR count). The summed E-state index contributed by atoms with van der Waals surface area (Å²) in [5, 5.41) is 2.42. The maximum atomic E-state index is 11.9. The van der Waals surface area contributed by atoms with Gasteiger partial charge in [0.25, 0.3) is 0 Å². The Hall–Kier alpha value is -3.11. The van der Waals surface area contributed by atoms with Crippen LogP contribution in [0.3, 0.4) is 0 Å². The normalized spacial score (nSPS) is 10.6. The van der Waals surface area contributed by atoms with Crippen molar-refractivity contribution in [2.45, 2.75) is 19.3 Å². The van der Waals surface area contributed by atoms with Crippen LogP contribution in [0.5, 0.6) is 0 Å². The molecular formula is C24H20O. The Balaban J connectivity index is 1.50. The standard InChI is InChI=1S/C24H20O/c25-24(22-14-6-4-7-15-22)19-8-3-1-2-5-12-20-16-11-17-21-13-9-10-18-23(20)21/h4,6-11,13-19H,1-3H2/b19-8+. The molecule has 0 aromatic heterocycles. The molecule has 0 bridgehead atoms. The number of rotatable bonds is 5. The van der Waals surface area contributed by atoms with Crippen LogP contribution >= 0.6 is 0 Å². The van der Waals surface area contributed by atoms with Crippen molar-refractivity contribution >= 4 is 16.6 Å². The second-order valence-electron chi connectivity index (χ2n) is 5.85. The third-order valence-electron chi connectivity index (χ3n) is 4.01. The zero-order valence-electron chi connectivity index (χ0n) is 14.1. The summed E-state index contributed by atoms with van der Waals surface area (Å²) >= 11 is 0. The predicted molar refractivity (Wildman–Crippen MR) is 105 cm³/mol. The van der Waals surface area contributed by atoms with Gasteiger partial charge in [0.1, 0.15) is 0 Å². The van der Waals surface area contributed by atoms with Crippen molar-refractivity contribution < 1.29 is 4.79 Å². The van der Waals surface area contributed by atoms with Gasteiger partial charge in [-0.15, -0.1) is 0 Å². The summed E-state index contributed by atoms with van der Waals surface area (Å²) in [5.74, 6) is 6.57. The van der Waals surface area contributed by atoms with Gasteiger partial charge >= 0.3 is 0 Å². The highest BCUT2D eigenvalue weighted by Gasteiger charge is 1.98. The van der Waals surface area contributed by atoms with E-state index in [9.17, 15) is 4.79 Å². The van der Waals surface area contributed by atoms with E-state index >= 15 is 0 Å². The summed E-state index contributed by atoms with van der Waals surface area (Å²) in [4.78, 5) is 11.9. The summed E-state index contributed by atoms with van der Waals surface area (Å²) in [6.07, 6.45) is 6.24. The minimum Gasteiger partial charge on any atom is -0.289 e. The number of hydrogen-bond donors (Lipinski definition) is 0. The zero-order chi connectivity index (χ0) is 17.3. The first-order valence-electron chi connectivity index (χ1n) is 8.57. The first-order valence-corrected chi connectivity index (χ1v) is 8.57. The number of carbonyl (C=O) groups is 1. The van der Waals surface area contributed by atoms with Gasteiger partial charge < -0.3 is 0 Å². The van der Waals surface area contributed by atoms with Gasteiger partial charge in [0.2, 0.25) is 0 Å². The number of carbonyl (C=O) groups excluding carboxylic acids is 1. The van der Waals surface area contributed by atoms with Crippen molar-refractivity contribution in [2.75, 3.05) is 0 Å². The van der Waals surface area contributed by atoms with Crippen molar-refractivity contribution in [1.82, 2.24) is 0 Å². The molecule has 0 aliphatic rings. The molecule has 0 aliphatic heterocycles. The first kappa shape index (κ1) is 16.7. The van der Waals surface area contributed by atoms with E-state index in [4.69, 9.17) is 0 Å². The first-order chi connectivity index (χ1) is 12.3. The van der Waals surface area contributed by atoms with Crippen LogP contribution < -0.4 is 0 Å². The number of fused-ring (bicyclic) bond motifs is 1. The van der Waals surface area contributed by atoms with Crippen LogP contribution in [-0.2, 0) is 0 Å². The van der Waals surface area contributed by atoms with Crippen LogP contribution in [0, 0.1) is 11.8 Å². The van der Waals surface area contributed by atoms with Crippen LogP contribution in [0.1, 0.15) is 35.2 Å². The van der Waals surface area contributed by atoms with Crippen LogP contribution in [-0.4, -0.2) is 5.78 Å². The average molecular weight is 324 g/mol. The molecule has 1 nitrogen and oxygen atoms in total. The predicted octanol–water partition coefficient (Wildman–Crippen LogP) is 5.80. The molecule has 0 fully saturated rings. The lowest BCUT2D eigenvalue weighted by Gasteiger charge is -1.99. The molecule has 0 N–H and O–H groups in total. The molecular weight excluding hydrogens is 304 g/mol. The largest absolute Gasteiger partial charge is 0.289 e. The van der Waals surface area contributed by atoms with Crippen LogP contribution in [0.2, 0.25) is 0 Å². The number of hydrogen-bond acceptors (Lipinski definition) is 1. The fraction of sp³-hybridized carbons (Fsp3) is 0.125. The summed E-state index contributed by atoms with van der Waals surface area (Å²) in [6, 6.07) is 23.9. The van der Waals surface area contributed by atoms with E-state index in [1.807, 2.05) is 54.6 Å². The Bertz CT molecular complexity index is 934. The molecule has 0 amide bonds. The smallest absolute Gasteiger partial charge is 0.185 e. The minimum absolute atomic E-state index is 0.0578. The average Bonchev–Trinajstić information content (AvgIpc) is 2.68. The topological polar surface area (TPSA) is 17.1 Å². The minimum atomic E-state index is 0.0578. The molecule has 0 spiro atoms. The molecule has 0 unspecified atom stereocenters. The van der Waals surface area contributed by atoms with E-state index in [1.54, 1.807) is 6.08 Å². The Kier molecular flexibility index (Phi) is 5.80. The second-order valence-corrected chi connectivity index (χ2v) is 5.85. The SMILES string of the molecule is O=C(/C=C/CCCC#Cc1cccc2ccccc12)c1ccccc1. The van der Waals surface area contributed by atoms with Gasteiger partial charge in [-0.05, 0) is 35.8 Å². The Morgan fingerprint density at radius 1 is 0.880 bits per heavy atom. The fourth-order valence-corrected chi connectivity index (χ4v) is 2.69. The van der Waals surface area contributed by atoms with Gasteiger partial charge in [0.15, 0.2) is 5.78 Å². The molecule has 0 radical (unpaired) electrons. The lowest BCUT2D eigenvalue weighted by Crippen LogP contribution is -1.92. The summed E-state index contributed by atoms with van der Waals surface area (Å²) in [7, 11) is 0. The van der Waals surface area contributed by atoms with Crippen molar-refractivity contribution in [1.29, 1.82) is 0 Å². The highest BCUT2D eigenvalue weighted by molar-refractivity contribution is 6.04. The van der Waals surface area contributed by atoms with E-state index in [0.29, 0.717) is 0 Å². The highest BCUT2D eigenvalue weighted by atomic mass is 16.1. The van der Waals surface area contributed by atoms with Gasteiger partial charge in [0.05, 0.1) is 0 Å². The van der Waals surface area contributed by atoms with Crippen molar-refractivity contribution in [3.8, 4) is 11.8 Å². The van der Waals surface area contributed by atoms with E-state index in [0.717, 1.165) is 30.4 Å². The maximum Gasteiger partial charge on any atom is 0.185 e. The second kappa shape index (κ2) is 8.66. The van der Waals surface area contributed by atoms with E-state index in [-0.39, 0.29) is 5.78 Å². The van der Waals surface area contributed by atoms with Crippen molar-refractivity contribution in [3.05, 3.63) is 96.1 Å². The molecule has 0 heterocycles. The molecule has 0 saturated heterocycles. The molecule has 25 heavy (non-hydrogen) atoms. The quantitative estimate of drug-likeness (QED) is 0.251. The van der Waals surface area contributed by atoms with Crippen LogP contribution in [0.4, 0.5) is 0 Å². The fourth-order valence-electron chi connectivity index (χ4n) is 2.69. The molecule has 0 atom stereocenters. The molecule has 0 aliphatic carbocycles. The van der Waals surface area contributed by atoms with Gasteiger partial charge in [-0.2, -0.15) is 0 Å². The lowest BCUT2D eigenvalue weighted by atomic mass is 10.0. The van der Waals surface area contributed by atoms with Crippen molar-refractivity contribution in [3.63, 3.8) is 0 Å². The van der Waals surface area contributed by atoms with Gasteiger partial charge in [0, 0.05) is 17.5 Å². The number of benzene rings is 3. The van der Waals surface area contributed by atoms with Crippen LogP contribution in [0.15, 0.2) is 84.9 Å². The summed E-state index contributed by atoms with van der Waals surface area (Å²) in [6.45, 7) is 0. The lowest BCUT2D eigenvalue weighted by molar-refractivity contribution is 0.104. The third-order valence-corrected chi connectivity index (χ3v) is 4.01. The van der Waals surface area contributed by atoms with Gasteiger partial charge in [-0.1, -0.05) is 84.6 Å². The van der Waals surface area contributed by atoms with E-state index < -0.39 is 0 Å². The Morgan fingerprint density at radius 2 is 1.64 bits per heavy atom. The number of unbranched alkanes of at least 4 members (excludes halogenated alkanes) is 2. The molecule has 1 heteroatoms.